The molecule has 2 aliphatic rings. The fourth-order valence-corrected chi connectivity index (χ4v) is 4.43. The first-order chi connectivity index (χ1) is 10.1. The summed E-state index contributed by atoms with van der Waals surface area (Å²) >= 11 is 0. The van der Waals surface area contributed by atoms with Crippen LogP contribution in [0.5, 0.6) is 0 Å². The van der Waals surface area contributed by atoms with Gasteiger partial charge in [0, 0.05) is 17.0 Å². The third-order valence-electron chi connectivity index (χ3n) is 4.22. The summed E-state index contributed by atoms with van der Waals surface area (Å²) in [7, 11) is -3.18. The fourth-order valence-electron chi connectivity index (χ4n) is 3.16. The number of benzene rings is 1. The fraction of sp³-hybridized carbons (Fsp3) is 0.438. The van der Waals surface area contributed by atoms with E-state index in [4.69, 9.17) is 0 Å². The van der Waals surface area contributed by atoms with Gasteiger partial charge in [0.1, 0.15) is 0 Å². The molecule has 1 atom stereocenters. The predicted molar refractivity (Wildman–Crippen MR) is 82.6 cm³/mol. The van der Waals surface area contributed by atoms with E-state index in [9.17, 15) is 13.2 Å². The molecule has 4 nitrogen and oxygen atoms in total. The molecule has 112 valence electrons. The van der Waals surface area contributed by atoms with Gasteiger partial charge in [0.25, 0.3) is 0 Å². The minimum absolute atomic E-state index is 0.0135. The van der Waals surface area contributed by atoms with Gasteiger partial charge in [-0.15, -0.1) is 0 Å². The van der Waals surface area contributed by atoms with Crippen LogP contribution in [0.3, 0.4) is 0 Å². The number of nitrogens with zero attached hydrogens (tertiary/aromatic N) is 1. The zero-order valence-electron chi connectivity index (χ0n) is 11.8. The summed E-state index contributed by atoms with van der Waals surface area (Å²) in [5.41, 5.74) is 0.779. The van der Waals surface area contributed by atoms with Crippen LogP contribution in [0.15, 0.2) is 41.8 Å². The van der Waals surface area contributed by atoms with Crippen molar-refractivity contribution in [2.75, 3.05) is 10.7 Å². The molecule has 1 fully saturated rings. The van der Waals surface area contributed by atoms with Gasteiger partial charge in [-0.1, -0.05) is 31.0 Å². The summed E-state index contributed by atoms with van der Waals surface area (Å²) in [4.78, 5) is 14.5. The van der Waals surface area contributed by atoms with E-state index in [1.807, 2.05) is 30.3 Å². The molecule has 0 saturated heterocycles. The van der Waals surface area contributed by atoms with Gasteiger partial charge in [-0.05, 0) is 31.1 Å². The Morgan fingerprint density at radius 2 is 1.76 bits per heavy atom. The number of amides is 1. The molecule has 1 aliphatic carbocycles. The van der Waals surface area contributed by atoms with Crippen molar-refractivity contribution in [2.24, 2.45) is 5.92 Å². The smallest absolute Gasteiger partial charge is 0.230 e. The lowest BCUT2D eigenvalue weighted by atomic mass is 10.0. The summed E-state index contributed by atoms with van der Waals surface area (Å²) in [5, 5.41) is 1.23. The van der Waals surface area contributed by atoms with Crippen molar-refractivity contribution in [3.8, 4) is 0 Å². The zero-order valence-corrected chi connectivity index (χ0v) is 12.6. The van der Waals surface area contributed by atoms with E-state index in [1.54, 1.807) is 11.0 Å². The second-order valence-electron chi connectivity index (χ2n) is 5.75. The van der Waals surface area contributed by atoms with Crippen LogP contribution >= 0.6 is 0 Å². The van der Waals surface area contributed by atoms with Gasteiger partial charge in [0.2, 0.25) is 5.91 Å². The molecule has 1 heterocycles. The van der Waals surface area contributed by atoms with Crippen LogP contribution in [-0.4, -0.2) is 26.1 Å². The molecule has 0 spiro atoms. The molecule has 0 radical (unpaired) electrons. The maximum absolute atomic E-state index is 12.8. The Hall–Kier alpha value is -1.62. The summed E-state index contributed by atoms with van der Waals surface area (Å²) in [6.45, 7) is 0. The van der Waals surface area contributed by atoms with E-state index in [0.717, 1.165) is 31.4 Å². The molecule has 21 heavy (non-hydrogen) atoms. The lowest BCUT2D eigenvalue weighted by Gasteiger charge is -2.30. The maximum atomic E-state index is 12.8. The van der Waals surface area contributed by atoms with Crippen LogP contribution in [0, 0.1) is 5.92 Å². The molecular formula is C16H19NO3S. The average Bonchev–Trinajstić information content (AvgIpc) is 3.10. The SMILES string of the molecule is O=C(C1CCCC1)N(c1ccccc1)[C@H]1C=CS(=O)(=O)C1. The van der Waals surface area contributed by atoms with E-state index in [1.165, 1.54) is 5.41 Å². The molecule has 0 bridgehead atoms. The molecule has 1 aliphatic heterocycles. The number of carbonyl (C=O) groups excluding carboxylic acids is 1. The second-order valence-corrected chi connectivity index (χ2v) is 7.68. The first-order valence-electron chi connectivity index (χ1n) is 7.36. The number of para-hydroxylation sites is 1. The number of hydrogen-bond donors (Lipinski definition) is 0. The molecule has 1 amide bonds. The van der Waals surface area contributed by atoms with Crippen molar-refractivity contribution in [3.05, 3.63) is 41.8 Å². The summed E-state index contributed by atoms with van der Waals surface area (Å²) in [6.07, 6.45) is 5.61. The van der Waals surface area contributed by atoms with E-state index in [-0.39, 0.29) is 23.6 Å². The topological polar surface area (TPSA) is 54.5 Å². The van der Waals surface area contributed by atoms with Gasteiger partial charge in [-0.3, -0.25) is 4.79 Å². The standard InChI is InChI=1S/C16H19NO3S/c18-16(13-6-4-5-7-13)17(14-8-2-1-3-9-14)15-10-11-21(19,20)12-15/h1-3,8-11,13,15H,4-7,12H2/t15-/m0/s1. The molecular weight excluding hydrogens is 286 g/mol. The molecule has 1 saturated carbocycles. The van der Waals surface area contributed by atoms with Gasteiger partial charge in [-0.25, -0.2) is 8.42 Å². The lowest BCUT2D eigenvalue weighted by Crippen LogP contribution is -2.44. The Morgan fingerprint density at radius 3 is 2.33 bits per heavy atom. The van der Waals surface area contributed by atoms with Gasteiger partial charge < -0.3 is 4.90 Å². The van der Waals surface area contributed by atoms with Gasteiger partial charge in [-0.2, -0.15) is 0 Å². The largest absolute Gasteiger partial charge is 0.304 e. The van der Waals surface area contributed by atoms with E-state index >= 15 is 0 Å². The van der Waals surface area contributed by atoms with E-state index in [2.05, 4.69) is 0 Å². The van der Waals surface area contributed by atoms with Crippen molar-refractivity contribution in [2.45, 2.75) is 31.7 Å². The first kappa shape index (κ1) is 14.3. The van der Waals surface area contributed by atoms with Gasteiger partial charge >= 0.3 is 0 Å². The Labute approximate surface area is 125 Å². The predicted octanol–water partition coefficient (Wildman–Crippen LogP) is 2.52. The molecule has 3 rings (SSSR count). The van der Waals surface area contributed by atoms with Crippen LogP contribution in [0.1, 0.15) is 25.7 Å². The van der Waals surface area contributed by atoms with Crippen LogP contribution in [0.2, 0.25) is 0 Å². The summed E-state index contributed by atoms with van der Waals surface area (Å²) in [5.74, 6) is 0.0766. The minimum Gasteiger partial charge on any atom is -0.304 e. The molecule has 0 aromatic heterocycles. The molecule has 0 N–H and O–H groups in total. The highest BCUT2D eigenvalue weighted by Gasteiger charge is 2.35. The molecule has 0 unspecified atom stereocenters. The lowest BCUT2D eigenvalue weighted by molar-refractivity contribution is -0.122. The minimum atomic E-state index is -3.18. The van der Waals surface area contributed by atoms with Crippen LogP contribution in [-0.2, 0) is 14.6 Å². The number of hydrogen-bond acceptors (Lipinski definition) is 3. The van der Waals surface area contributed by atoms with Crippen molar-refractivity contribution >= 4 is 21.4 Å². The molecule has 1 aromatic carbocycles. The third-order valence-corrected chi connectivity index (χ3v) is 5.60. The summed E-state index contributed by atoms with van der Waals surface area (Å²) < 4.78 is 23.4. The van der Waals surface area contributed by atoms with Gasteiger partial charge in [0.15, 0.2) is 9.84 Å². The highest BCUT2D eigenvalue weighted by molar-refractivity contribution is 7.94. The van der Waals surface area contributed by atoms with Crippen molar-refractivity contribution in [1.29, 1.82) is 0 Å². The number of anilines is 1. The van der Waals surface area contributed by atoms with Crippen molar-refractivity contribution in [3.63, 3.8) is 0 Å². The third kappa shape index (κ3) is 3.02. The van der Waals surface area contributed by atoms with Crippen LogP contribution in [0.4, 0.5) is 5.69 Å². The highest BCUT2D eigenvalue weighted by Crippen LogP contribution is 2.31. The monoisotopic (exact) mass is 305 g/mol. The number of carbonyl (C=O) groups is 1. The number of sulfone groups is 1. The highest BCUT2D eigenvalue weighted by atomic mass is 32.2. The quantitative estimate of drug-likeness (QED) is 0.862. The van der Waals surface area contributed by atoms with Gasteiger partial charge in [0.05, 0.1) is 11.8 Å². The Balaban J connectivity index is 1.92. The Morgan fingerprint density at radius 1 is 1.10 bits per heavy atom. The Kier molecular flexibility index (Phi) is 3.85. The van der Waals surface area contributed by atoms with E-state index < -0.39 is 9.84 Å². The zero-order chi connectivity index (χ0) is 14.9. The van der Waals surface area contributed by atoms with Crippen molar-refractivity contribution in [1.82, 2.24) is 0 Å². The Bertz CT molecular complexity index is 645. The van der Waals surface area contributed by atoms with E-state index in [0.29, 0.717) is 0 Å². The summed E-state index contributed by atoms with van der Waals surface area (Å²) in [6, 6.07) is 8.99. The molecule has 1 aromatic rings. The average molecular weight is 305 g/mol. The maximum Gasteiger partial charge on any atom is 0.230 e. The van der Waals surface area contributed by atoms with Crippen LogP contribution < -0.4 is 4.90 Å². The second kappa shape index (κ2) is 5.64. The first-order valence-corrected chi connectivity index (χ1v) is 9.07. The van der Waals surface area contributed by atoms with Crippen molar-refractivity contribution < 1.29 is 13.2 Å². The normalized spacial score (nSPS) is 24.3. The number of rotatable bonds is 3. The molecule has 5 heteroatoms. The van der Waals surface area contributed by atoms with Crippen LogP contribution in [0.25, 0.3) is 0 Å².